The first-order valence-electron chi connectivity index (χ1n) is 4.20. The fraction of sp³-hybridized carbons (Fsp3) is 0.875. The van der Waals surface area contributed by atoms with E-state index in [1.54, 1.807) is 0 Å². The molecule has 0 aromatic carbocycles. The van der Waals surface area contributed by atoms with Crippen LogP contribution in [0.3, 0.4) is 0 Å². The minimum atomic E-state index is -0.508. The molecule has 0 heterocycles. The van der Waals surface area contributed by atoms with Crippen LogP contribution in [0, 0.1) is 0 Å². The van der Waals surface area contributed by atoms with Crippen LogP contribution < -0.4 is 11.5 Å². The van der Waals surface area contributed by atoms with Crippen molar-refractivity contribution in [3.8, 4) is 0 Å². The highest BCUT2D eigenvalue weighted by molar-refractivity contribution is 5.79. The molecule has 0 radical (unpaired) electrons. The lowest BCUT2D eigenvalue weighted by molar-refractivity contribution is -0.119. The highest BCUT2D eigenvalue weighted by Crippen LogP contribution is 1.96. The Kier molecular flexibility index (Phi) is 4.85. The molecule has 1 amide bonds. The number of hydrogen-bond donors (Lipinski definition) is 2. The molecule has 4 heteroatoms. The summed E-state index contributed by atoms with van der Waals surface area (Å²) in [5.41, 5.74) is 10.5. The van der Waals surface area contributed by atoms with Crippen LogP contribution in [-0.4, -0.2) is 36.5 Å². The average Bonchev–Trinajstić information content (AvgIpc) is 1.98. The van der Waals surface area contributed by atoms with E-state index in [0.717, 1.165) is 6.54 Å². The summed E-state index contributed by atoms with van der Waals surface area (Å²) < 4.78 is 0. The highest BCUT2D eigenvalue weighted by Gasteiger charge is 2.10. The second-order valence-electron chi connectivity index (χ2n) is 3.37. The van der Waals surface area contributed by atoms with Crippen LogP contribution in [0.15, 0.2) is 0 Å². The van der Waals surface area contributed by atoms with Crippen LogP contribution in [0.25, 0.3) is 0 Å². The normalized spacial score (nSPS) is 13.8. The first-order valence-corrected chi connectivity index (χ1v) is 4.20. The van der Waals surface area contributed by atoms with Crippen molar-refractivity contribution in [2.45, 2.75) is 32.4 Å². The van der Waals surface area contributed by atoms with Gasteiger partial charge in [-0.25, -0.2) is 0 Å². The monoisotopic (exact) mass is 173 g/mol. The number of nitrogens with two attached hydrogens (primary N) is 2. The first-order chi connectivity index (χ1) is 5.45. The highest BCUT2D eigenvalue weighted by atomic mass is 16.1. The maximum absolute atomic E-state index is 10.6. The number of primary amides is 1. The summed E-state index contributed by atoms with van der Waals surface area (Å²) >= 11 is 0. The van der Waals surface area contributed by atoms with E-state index in [4.69, 9.17) is 11.5 Å². The van der Waals surface area contributed by atoms with Gasteiger partial charge in [0.05, 0.1) is 6.04 Å². The Balaban J connectivity index is 3.61. The van der Waals surface area contributed by atoms with E-state index in [1.807, 2.05) is 7.05 Å². The maximum atomic E-state index is 10.6. The van der Waals surface area contributed by atoms with Gasteiger partial charge in [0.15, 0.2) is 0 Å². The Labute approximate surface area is 73.9 Å². The Morgan fingerprint density at radius 1 is 1.50 bits per heavy atom. The van der Waals surface area contributed by atoms with Gasteiger partial charge in [-0.1, -0.05) is 0 Å². The van der Waals surface area contributed by atoms with Crippen LogP contribution in [-0.2, 0) is 4.79 Å². The van der Waals surface area contributed by atoms with Gasteiger partial charge in [-0.15, -0.1) is 0 Å². The summed E-state index contributed by atoms with van der Waals surface area (Å²) in [4.78, 5) is 12.7. The largest absolute Gasteiger partial charge is 0.368 e. The summed E-state index contributed by atoms with van der Waals surface area (Å²) in [6.45, 7) is 4.99. The van der Waals surface area contributed by atoms with E-state index in [-0.39, 0.29) is 0 Å². The SMILES string of the molecule is CC(C)N(C)CCC(N)C(N)=O. The van der Waals surface area contributed by atoms with Gasteiger partial charge in [0, 0.05) is 12.6 Å². The number of amides is 1. The van der Waals surface area contributed by atoms with Gasteiger partial charge in [0.25, 0.3) is 0 Å². The van der Waals surface area contributed by atoms with E-state index in [0.29, 0.717) is 12.5 Å². The molecule has 4 N–H and O–H groups in total. The zero-order valence-electron chi connectivity index (χ0n) is 8.08. The summed E-state index contributed by atoms with van der Waals surface area (Å²) in [5.74, 6) is -0.424. The number of carbonyl (C=O) groups excluding carboxylic acids is 1. The van der Waals surface area contributed by atoms with E-state index >= 15 is 0 Å². The molecule has 4 nitrogen and oxygen atoms in total. The Morgan fingerprint density at radius 2 is 2.00 bits per heavy atom. The van der Waals surface area contributed by atoms with Crippen molar-refractivity contribution in [1.82, 2.24) is 4.90 Å². The lowest BCUT2D eigenvalue weighted by Gasteiger charge is -2.21. The quantitative estimate of drug-likeness (QED) is 0.590. The molecule has 12 heavy (non-hydrogen) atoms. The number of nitrogens with zero attached hydrogens (tertiary/aromatic N) is 1. The third-order valence-electron chi connectivity index (χ3n) is 2.04. The van der Waals surface area contributed by atoms with Gasteiger partial charge >= 0.3 is 0 Å². The Morgan fingerprint density at radius 3 is 2.33 bits per heavy atom. The van der Waals surface area contributed by atoms with Crippen molar-refractivity contribution in [3.63, 3.8) is 0 Å². The smallest absolute Gasteiger partial charge is 0.234 e. The van der Waals surface area contributed by atoms with Crippen LogP contribution in [0.2, 0.25) is 0 Å². The van der Waals surface area contributed by atoms with Gasteiger partial charge in [0.1, 0.15) is 0 Å². The number of rotatable bonds is 5. The molecule has 1 atom stereocenters. The van der Waals surface area contributed by atoms with Crippen molar-refractivity contribution < 1.29 is 4.79 Å². The minimum absolute atomic E-state index is 0.424. The van der Waals surface area contributed by atoms with Gasteiger partial charge < -0.3 is 16.4 Å². The molecule has 1 unspecified atom stereocenters. The third kappa shape index (κ3) is 4.31. The second kappa shape index (κ2) is 5.11. The van der Waals surface area contributed by atoms with Crippen LogP contribution in [0.5, 0.6) is 0 Å². The topological polar surface area (TPSA) is 72.3 Å². The molecular formula is C8H19N3O. The van der Waals surface area contributed by atoms with E-state index < -0.39 is 11.9 Å². The molecule has 0 aliphatic heterocycles. The lowest BCUT2D eigenvalue weighted by atomic mass is 10.2. The Bertz CT molecular complexity index is 147. The first kappa shape index (κ1) is 11.4. The Hall–Kier alpha value is -0.610. The van der Waals surface area contributed by atoms with Crippen molar-refractivity contribution in [3.05, 3.63) is 0 Å². The van der Waals surface area contributed by atoms with E-state index in [2.05, 4.69) is 18.7 Å². The molecule has 0 spiro atoms. The molecule has 0 fully saturated rings. The predicted molar refractivity (Wildman–Crippen MR) is 49.6 cm³/mol. The summed E-state index contributed by atoms with van der Waals surface area (Å²) in [6, 6.07) is -0.0312. The van der Waals surface area contributed by atoms with Gasteiger partial charge in [-0.2, -0.15) is 0 Å². The predicted octanol–water partition coefficient (Wildman–Crippen LogP) is -0.471. The van der Waals surface area contributed by atoms with E-state index in [1.165, 1.54) is 0 Å². The molecule has 0 aliphatic rings. The van der Waals surface area contributed by atoms with Crippen LogP contribution in [0.1, 0.15) is 20.3 Å². The van der Waals surface area contributed by atoms with Crippen molar-refractivity contribution >= 4 is 5.91 Å². The minimum Gasteiger partial charge on any atom is -0.368 e. The molecule has 72 valence electrons. The van der Waals surface area contributed by atoms with E-state index in [9.17, 15) is 4.79 Å². The van der Waals surface area contributed by atoms with Crippen molar-refractivity contribution in [1.29, 1.82) is 0 Å². The van der Waals surface area contributed by atoms with Crippen molar-refractivity contribution in [2.75, 3.05) is 13.6 Å². The third-order valence-corrected chi connectivity index (χ3v) is 2.04. The summed E-state index contributed by atoms with van der Waals surface area (Å²) in [5, 5.41) is 0. The molecule has 0 saturated carbocycles. The number of carbonyl (C=O) groups is 1. The summed E-state index contributed by atoms with van der Waals surface area (Å²) in [7, 11) is 2.00. The molecule has 0 rings (SSSR count). The van der Waals surface area contributed by atoms with Gasteiger partial charge in [-0.3, -0.25) is 4.79 Å². The number of hydrogen-bond acceptors (Lipinski definition) is 3. The summed E-state index contributed by atoms with van der Waals surface area (Å²) in [6.07, 6.45) is 0.629. The van der Waals surface area contributed by atoms with Crippen molar-refractivity contribution in [2.24, 2.45) is 11.5 Å². The fourth-order valence-corrected chi connectivity index (χ4v) is 0.743. The molecular weight excluding hydrogens is 154 g/mol. The molecule has 0 saturated heterocycles. The van der Waals surface area contributed by atoms with Gasteiger partial charge in [-0.05, 0) is 27.3 Å². The zero-order valence-corrected chi connectivity index (χ0v) is 8.08. The van der Waals surface area contributed by atoms with Crippen LogP contribution in [0.4, 0.5) is 0 Å². The zero-order chi connectivity index (χ0) is 9.72. The average molecular weight is 173 g/mol. The molecule has 0 aromatic heterocycles. The molecule has 0 bridgehead atoms. The molecule has 0 aliphatic carbocycles. The second-order valence-corrected chi connectivity index (χ2v) is 3.37. The lowest BCUT2D eigenvalue weighted by Crippen LogP contribution is -2.40. The standard InChI is InChI=1S/C8H19N3O/c1-6(2)11(3)5-4-7(9)8(10)12/h6-7H,4-5,9H2,1-3H3,(H2,10,12). The van der Waals surface area contributed by atoms with Gasteiger partial charge in [0.2, 0.25) is 5.91 Å². The molecule has 0 aromatic rings. The van der Waals surface area contributed by atoms with Crippen LogP contribution >= 0.6 is 0 Å². The fourth-order valence-electron chi connectivity index (χ4n) is 0.743. The maximum Gasteiger partial charge on any atom is 0.234 e.